The number of allylic oxidation sites excluding steroid dienone is 4. The Morgan fingerprint density at radius 1 is 1.39 bits per heavy atom. The molecule has 0 bridgehead atoms. The molecule has 0 amide bonds. The smallest absolute Gasteiger partial charge is 0.114 e. The van der Waals surface area contributed by atoms with E-state index in [0.717, 1.165) is 18.0 Å². The van der Waals surface area contributed by atoms with Crippen molar-refractivity contribution in [3.05, 3.63) is 57.4 Å². The molecule has 88 valence electrons. The zero-order valence-corrected chi connectivity index (χ0v) is 10.5. The summed E-state index contributed by atoms with van der Waals surface area (Å²) in [6, 6.07) is 0. The Balaban J connectivity index is 1.79. The molecule has 2 aromatic heterocycles. The molecule has 4 rings (SSSR count). The fraction of sp³-hybridized carbons (Fsp3) is 0.143. The molecule has 0 atom stereocenters. The molecule has 2 aromatic rings. The standard InChI is InChI=1S/C14H11N3S/c1-2-4-11-10(3-1)7-12-14(11)16-13(18-12)8-17-6-5-15-9-17/h1-3,5-7,9H,4,8H2. The zero-order chi connectivity index (χ0) is 11.9. The lowest BCUT2D eigenvalue weighted by atomic mass is 10.0. The summed E-state index contributed by atoms with van der Waals surface area (Å²) in [4.78, 5) is 8.83. The first-order valence-corrected chi connectivity index (χ1v) is 6.75. The van der Waals surface area contributed by atoms with Crippen molar-refractivity contribution in [1.82, 2.24) is 14.5 Å². The van der Waals surface area contributed by atoms with Crippen molar-refractivity contribution in [2.75, 3.05) is 0 Å². The summed E-state index contributed by atoms with van der Waals surface area (Å²) < 4.78 is 3.35. The van der Waals surface area contributed by atoms with Crippen molar-refractivity contribution in [2.24, 2.45) is 0 Å². The van der Waals surface area contributed by atoms with Crippen LogP contribution in [0.4, 0.5) is 0 Å². The number of rotatable bonds is 2. The molecule has 0 aliphatic heterocycles. The van der Waals surface area contributed by atoms with E-state index in [9.17, 15) is 0 Å². The van der Waals surface area contributed by atoms with Gasteiger partial charge in [0.05, 0.1) is 22.8 Å². The van der Waals surface area contributed by atoms with Crippen LogP contribution < -0.4 is 9.88 Å². The average molecular weight is 253 g/mol. The first-order chi connectivity index (χ1) is 8.90. The Kier molecular flexibility index (Phi) is 2.11. The van der Waals surface area contributed by atoms with Gasteiger partial charge >= 0.3 is 0 Å². The predicted octanol–water partition coefficient (Wildman–Crippen LogP) is 1.22. The summed E-state index contributed by atoms with van der Waals surface area (Å²) in [6.45, 7) is 0.813. The third kappa shape index (κ3) is 1.49. The van der Waals surface area contributed by atoms with Crippen molar-refractivity contribution in [3.8, 4) is 0 Å². The Hall–Kier alpha value is -1.94. The van der Waals surface area contributed by atoms with Crippen LogP contribution >= 0.6 is 11.3 Å². The van der Waals surface area contributed by atoms with Crippen molar-refractivity contribution in [2.45, 2.75) is 13.0 Å². The normalized spacial score (nSPS) is 16.2. The summed E-state index contributed by atoms with van der Waals surface area (Å²) in [6.07, 6.45) is 15.3. The maximum atomic E-state index is 4.78. The van der Waals surface area contributed by atoms with Crippen LogP contribution in [-0.2, 0) is 6.54 Å². The Labute approximate surface area is 108 Å². The summed E-state index contributed by atoms with van der Waals surface area (Å²) in [5.74, 6) is 0. The van der Waals surface area contributed by atoms with E-state index < -0.39 is 0 Å². The van der Waals surface area contributed by atoms with Crippen LogP contribution in [0.5, 0.6) is 0 Å². The van der Waals surface area contributed by atoms with Crippen LogP contribution in [0.15, 0.2) is 42.5 Å². The van der Waals surface area contributed by atoms with Crippen molar-refractivity contribution in [1.29, 1.82) is 0 Å². The second-order valence-corrected chi connectivity index (χ2v) is 5.55. The van der Waals surface area contributed by atoms with Gasteiger partial charge in [0.1, 0.15) is 5.01 Å². The van der Waals surface area contributed by atoms with Gasteiger partial charge in [0, 0.05) is 12.4 Å². The Morgan fingerprint density at radius 3 is 3.28 bits per heavy atom. The second kappa shape index (κ2) is 3.78. The summed E-state index contributed by atoms with van der Waals surface area (Å²) >= 11 is 1.78. The molecule has 3 nitrogen and oxygen atoms in total. The molecule has 0 unspecified atom stereocenters. The highest BCUT2D eigenvalue weighted by atomic mass is 32.1. The number of thiazole rings is 1. The third-order valence-corrected chi connectivity index (χ3v) is 4.22. The monoisotopic (exact) mass is 253 g/mol. The first-order valence-electron chi connectivity index (χ1n) is 5.94. The van der Waals surface area contributed by atoms with Gasteiger partial charge in [-0.05, 0) is 23.6 Å². The minimum absolute atomic E-state index is 0.813. The summed E-state index contributed by atoms with van der Waals surface area (Å²) in [5.41, 5.74) is 2.71. The maximum Gasteiger partial charge on any atom is 0.114 e. The lowest BCUT2D eigenvalue weighted by Gasteiger charge is -2.04. The number of hydrogen-bond donors (Lipinski definition) is 0. The molecule has 0 saturated heterocycles. The van der Waals surface area contributed by atoms with Gasteiger partial charge in [-0.2, -0.15) is 0 Å². The minimum atomic E-state index is 0.813. The molecule has 0 fully saturated rings. The van der Waals surface area contributed by atoms with Crippen molar-refractivity contribution < 1.29 is 0 Å². The largest absolute Gasteiger partial charge is 0.331 e. The van der Waals surface area contributed by atoms with Crippen LogP contribution in [0, 0.1) is 0 Å². The van der Waals surface area contributed by atoms with Crippen LogP contribution in [0.2, 0.25) is 0 Å². The van der Waals surface area contributed by atoms with E-state index in [1.807, 2.05) is 12.5 Å². The van der Waals surface area contributed by atoms with Gasteiger partial charge in [-0.3, -0.25) is 0 Å². The number of hydrogen-bond acceptors (Lipinski definition) is 3. The molecule has 2 heterocycles. The number of imidazole rings is 1. The van der Waals surface area contributed by atoms with E-state index in [4.69, 9.17) is 4.98 Å². The number of nitrogens with zero attached hydrogens (tertiary/aromatic N) is 3. The van der Waals surface area contributed by atoms with E-state index in [1.165, 1.54) is 21.0 Å². The molecule has 18 heavy (non-hydrogen) atoms. The Morgan fingerprint density at radius 2 is 2.39 bits per heavy atom. The molecular weight excluding hydrogens is 242 g/mol. The lowest BCUT2D eigenvalue weighted by Crippen LogP contribution is -2.19. The quantitative estimate of drug-likeness (QED) is 0.805. The van der Waals surface area contributed by atoms with Gasteiger partial charge in [0.15, 0.2) is 0 Å². The average Bonchev–Trinajstić information content (AvgIpc) is 3.05. The van der Waals surface area contributed by atoms with E-state index in [0.29, 0.717) is 0 Å². The maximum absolute atomic E-state index is 4.78. The molecule has 2 aliphatic rings. The molecular formula is C14H11N3S. The van der Waals surface area contributed by atoms with Gasteiger partial charge < -0.3 is 4.57 Å². The summed E-state index contributed by atoms with van der Waals surface area (Å²) in [7, 11) is 0. The third-order valence-electron chi connectivity index (χ3n) is 3.23. The second-order valence-electron chi connectivity index (χ2n) is 4.43. The van der Waals surface area contributed by atoms with E-state index >= 15 is 0 Å². The van der Waals surface area contributed by atoms with Gasteiger partial charge in [-0.1, -0.05) is 18.2 Å². The molecule has 0 aromatic carbocycles. The minimum Gasteiger partial charge on any atom is -0.331 e. The van der Waals surface area contributed by atoms with Crippen LogP contribution in [0.3, 0.4) is 0 Å². The zero-order valence-electron chi connectivity index (χ0n) is 9.71. The number of fused-ring (bicyclic) bond motifs is 2. The molecule has 0 radical (unpaired) electrons. The fourth-order valence-electron chi connectivity index (χ4n) is 2.38. The molecule has 0 spiro atoms. The van der Waals surface area contributed by atoms with E-state index in [2.05, 4.69) is 33.9 Å². The predicted molar refractivity (Wildman–Crippen MR) is 72.4 cm³/mol. The van der Waals surface area contributed by atoms with E-state index in [-0.39, 0.29) is 0 Å². The van der Waals surface area contributed by atoms with Gasteiger partial charge in [0.25, 0.3) is 0 Å². The van der Waals surface area contributed by atoms with Gasteiger partial charge in [-0.15, -0.1) is 11.3 Å². The lowest BCUT2D eigenvalue weighted by molar-refractivity contribution is 0.788. The molecule has 2 aliphatic carbocycles. The Bertz CT molecular complexity index is 776. The topological polar surface area (TPSA) is 30.7 Å². The van der Waals surface area contributed by atoms with Crippen LogP contribution in [0.25, 0.3) is 11.6 Å². The molecule has 4 heteroatoms. The highest BCUT2D eigenvalue weighted by Gasteiger charge is 2.15. The van der Waals surface area contributed by atoms with Crippen molar-refractivity contribution in [3.63, 3.8) is 0 Å². The summed E-state index contributed by atoms with van der Waals surface area (Å²) in [5, 5.41) is 2.33. The first kappa shape index (κ1) is 10.0. The highest BCUT2D eigenvalue weighted by molar-refractivity contribution is 7.09. The van der Waals surface area contributed by atoms with E-state index in [1.54, 1.807) is 17.5 Å². The fourth-order valence-corrected chi connectivity index (χ4v) is 3.44. The van der Waals surface area contributed by atoms with Gasteiger partial charge in [-0.25, -0.2) is 9.97 Å². The SMILES string of the molecule is C1=CCC2=c3nc(Cn4ccnc4)sc3=CC2=C1. The van der Waals surface area contributed by atoms with Crippen molar-refractivity contribution >= 4 is 23.0 Å². The van der Waals surface area contributed by atoms with Crippen LogP contribution in [-0.4, -0.2) is 14.5 Å². The van der Waals surface area contributed by atoms with Gasteiger partial charge in [0.2, 0.25) is 0 Å². The number of aromatic nitrogens is 3. The molecule has 0 saturated carbocycles. The highest BCUT2D eigenvalue weighted by Crippen LogP contribution is 2.23. The van der Waals surface area contributed by atoms with Crippen LogP contribution in [0.1, 0.15) is 11.4 Å². The molecule has 0 N–H and O–H groups in total.